The minimum atomic E-state index is -0.834. The van der Waals surface area contributed by atoms with Crippen LogP contribution in [0.15, 0.2) is 18.3 Å². The maximum absolute atomic E-state index is 12.2. The second-order valence-corrected chi connectivity index (χ2v) is 5.76. The molecule has 0 aliphatic carbocycles. The number of nitrogens with one attached hydrogen (secondary N) is 1. The van der Waals surface area contributed by atoms with E-state index in [4.69, 9.17) is 5.11 Å². The van der Waals surface area contributed by atoms with Gasteiger partial charge in [-0.05, 0) is 37.0 Å². The highest BCUT2D eigenvalue weighted by Gasteiger charge is 2.31. The Morgan fingerprint density at radius 3 is 2.90 bits per heavy atom. The lowest BCUT2D eigenvalue weighted by Gasteiger charge is -2.34. The molecule has 0 radical (unpaired) electrons. The standard InChI is InChI=1S/C15H21N3O3/c1-10-3-4-16-13(6-10)7-17-15(21)18-8-11(2)5-12(9-18)14(19)20/h3-4,6,11-12H,5,7-9H2,1-2H3,(H,17,21)(H,19,20). The molecular formula is C15H21N3O3. The molecule has 2 atom stereocenters. The van der Waals surface area contributed by atoms with Crippen molar-refractivity contribution in [3.05, 3.63) is 29.6 Å². The monoisotopic (exact) mass is 291 g/mol. The molecule has 114 valence electrons. The molecule has 1 aromatic heterocycles. The van der Waals surface area contributed by atoms with Gasteiger partial charge in [-0.2, -0.15) is 0 Å². The van der Waals surface area contributed by atoms with Gasteiger partial charge in [0.05, 0.1) is 18.2 Å². The SMILES string of the molecule is Cc1ccnc(CNC(=O)N2CC(C)CC(C(=O)O)C2)c1. The molecule has 0 saturated carbocycles. The lowest BCUT2D eigenvalue weighted by Crippen LogP contribution is -2.49. The van der Waals surface area contributed by atoms with Gasteiger partial charge in [0.15, 0.2) is 0 Å². The summed E-state index contributed by atoms with van der Waals surface area (Å²) in [6, 6.07) is 3.59. The van der Waals surface area contributed by atoms with E-state index in [-0.39, 0.29) is 18.5 Å². The molecule has 21 heavy (non-hydrogen) atoms. The number of hydrogen-bond donors (Lipinski definition) is 2. The Kier molecular flexibility index (Phi) is 4.77. The van der Waals surface area contributed by atoms with E-state index in [0.717, 1.165) is 11.3 Å². The summed E-state index contributed by atoms with van der Waals surface area (Å²) in [7, 11) is 0. The summed E-state index contributed by atoms with van der Waals surface area (Å²) in [6.07, 6.45) is 2.33. The number of amides is 2. The molecule has 2 unspecified atom stereocenters. The summed E-state index contributed by atoms with van der Waals surface area (Å²) in [6.45, 7) is 5.15. The first-order valence-electron chi connectivity index (χ1n) is 7.13. The third-order valence-electron chi connectivity index (χ3n) is 3.69. The highest BCUT2D eigenvalue weighted by atomic mass is 16.4. The van der Waals surface area contributed by atoms with E-state index < -0.39 is 11.9 Å². The molecule has 0 bridgehead atoms. The summed E-state index contributed by atoms with van der Waals surface area (Å²) in [5.74, 6) is -1.11. The van der Waals surface area contributed by atoms with Crippen LogP contribution in [0.4, 0.5) is 4.79 Å². The van der Waals surface area contributed by atoms with Gasteiger partial charge >= 0.3 is 12.0 Å². The van der Waals surface area contributed by atoms with Crippen LogP contribution in [0.5, 0.6) is 0 Å². The van der Waals surface area contributed by atoms with Gasteiger partial charge in [-0.25, -0.2) is 4.79 Å². The topological polar surface area (TPSA) is 82.5 Å². The van der Waals surface area contributed by atoms with Crippen LogP contribution in [-0.4, -0.2) is 40.1 Å². The number of carboxylic acid groups (broad SMARTS) is 1. The maximum Gasteiger partial charge on any atom is 0.317 e. The fourth-order valence-electron chi connectivity index (χ4n) is 2.67. The number of carbonyl (C=O) groups is 2. The number of rotatable bonds is 3. The molecule has 0 spiro atoms. The van der Waals surface area contributed by atoms with Crippen LogP contribution in [0, 0.1) is 18.8 Å². The molecule has 2 amide bonds. The summed E-state index contributed by atoms with van der Waals surface area (Å²) >= 11 is 0. The van der Waals surface area contributed by atoms with Crippen molar-refractivity contribution in [2.45, 2.75) is 26.8 Å². The fraction of sp³-hybridized carbons (Fsp3) is 0.533. The number of carboxylic acids is 1. The van der Waals surface area contributed by atoms with Gasteiger partial charge in [-0.1, -0.05) is 6.92 Å². The van der Waals surface area contributed by atoms with Gasteiger partial charge in [0, 0.05) is 19.3 Å². The first-order valence-corrected chi connectivity index (χ1v) is 7.13. The van der Waals surface area contributed by atoms with Crippen LogP contribution in [0.25, 0.3) is 0 Å². The Labute approximate surface area is 124 Å². The third kappa shape index (κ3) is 4.18. The average molecular weight is 291 g/mol. The minimum Gasteiger partial charge on any atom is -0.481 e. The highest BCUT2D eigenvalue weighted by Crippen LogP contribution is 2.21. The largest absolute Gasteiger partial charge is 0.481 e. The van der Waals surface area contributed by atoms with Gasteiger partial charge in [0.1, 0.15) is 0 Å². The van der Waals surface area contributed by atoms with Crippen LogP contribution in [-0.2, 0) is 11.3 Å². The molecule has 6 heteroatoms. The van der Waals surface area contributed by atoms with Crippen molar-refractivity contribution in [3.63, 3.8) is 0 Å². The van der Waals surface area contributed by atoms with E-state index in [1.54, 1.807) is 11.1 Å². The summed E-state index contributed by atoms with van der Waals surface area (Å²) < 4.78 is 0. The lowest BCUT2D eigenvalue weighted by atomic mass is 9.91. The molecule has 6 nitrogen and oxygen atoms in total. The lowest BCUT2D eigenvalue weighted by molar-refractivity contribution is -0.143. The number of urea groups is 1. The van der Waals surface area contributed by atoms with Crippen molar-refractivity contribution in [3.8, 4) is 0 Å². The van der Waals surface area contributed by atoms with Gasteiger partial charge in [0.25, 0.3) is 0 Å². The third-order valence-corrected chi connectivity index (χ3v) is 3.69. The molecule has 1 saturated heterocycles. The number of aliphatic carboxylic acids is 1. The zero-order chi connectivity index (χ0) is 15.4. The molecule has 1 aliphatic heterocycles. The van der Waals surface area contributed by atoms with Gasteiger partial charge in [-0.3, -0.25) is 9.78 Å². The van der Waals surface area contributed by atoms with Gasteiger partial charge < -0.3 is 15.3 Å². The predicted molar refractivity (Wildman–Crippen MR) is 77.7 cm³/mol. The Hall–Kier alpha value is -2.11. The zero-order valence-corrected chi connectivity index (χ0v) is 12.4. The second-order valence-electron chi connectivity index (χ2n) is 5.76. The number of nitrogens with zero attached hydrogens (tertiary/aromatic N) is 2. The number of aryl methyl sites for hydroxylation is 1. The van der Waals surface area contributed by atoms with Crippen LogP contribution in [0.2, 0.25) is 0 Å². The van der Waals surface area contributed by atoms with Crippen LogP contribution in [0.1, 0.15) is 24.6 Å². The van der Waals surface area contributed by atoms with Crippen molar-refractivity contribution in [1.29, 1.82) is 0 Å². The molecule has 1 fully saturated rings. The van der Waals surface area contributed by atoms with E-state index >= 15 is 0 Å². The average Bonchev–Trinajstić information content (AvgIpc) is 2.44. The maximum atomic E-state index is 12.2. The van der Waals surface area contributed by atoms with Crippen LogP contribution >= 0.6 is 0 Å². The Morgan fingerprint density at radius 2 is 2.24 bits per heavy atom. The number of hydrogen-bond acceptors (Lipinski definition) is 3. The molecular weight excluding hydrogens is 270 g/mol. The van der Waals surface area contributed by atoms with Gasteiger partial charge in [-0.15, -0.1) is 0 Å². The van der Waals surface area contributed by atoms with E-state index in [1.165, 1.54) is 0 Å². The highest BCUT2D eigenvalue weighted by molar-refractivity contribution is 5.76. The first-order chi connectivity index (χ1) is 9.95. The zero-order valence-electron chi connectivity index (χ0n) is 12.4. The molecule has 2 heterocycles. The number of aromatic nitrogens is 1. The van der Waals surface area contributed by atoms with E-state index in [0.29, 0.717) is 19.5 Å². The molecule has 0 aromatic carbocycles. The van der Waals surface area contributed by atoms with Crippen molar-refractivity contribution in [2.24, 2.45) is 11.8 Å². The Morgan fingerprint density at radius 1 is 1.48 bits per heavy atom. The molecule has 1 aromatic rings. The molecule has 2 rings (SSSR count). The fourth-order valence-corrected chi connectivity index (χ4v) is 2.67. The quantitative estimate of drug-likeness (QED) is 0.887. The molecule has 1 aliphatic rings. The summed E-state index contributed by atoms with van der Waals surface area (Å²) in [4.78, 5) is 29.1. The number of piperidine rings is 1. The number of pyridine rings is 1. The van der Waals surface area contributed by atoms with Crippen LogP contribution < -0.4 is 5.32 Å². The summed E-state index contributed by atoms with van der Waals surface area (Å²) in [5.41, 5.74) is 1.88. The van der Waals surface area contributed by atoms with E-state index in [2.05, 4.69) is 10.3 Å². The van der Waals surface area contributed by atoms with Gasteiger partial charge in [0.2, 0.25) is 0 Å². The first kappa shape index (κ1) is 15.3. The van der Waals surface area contributed by atoms with Crippen molar-refractivity contribution < 1.29 is 14.7 Å². The minimum absolute atomic E-state index is 0.197. The van der Waals surface area contributed by atoms with E-state index in [1.807, 2.05) is 26.0 Å². The predicted octanol–water partition coefficient (Wildman–Crippen LogP) is 1.64. The normalized spacial score (nSPS) is 21.9. The Bertz CT molecular complexity index is 533. The smallest absolute Gasteiger partial charge is 0.317 e. The van der Waals surface area contributed by atoms with Crippen molar-refractivity contribution in [2.75, 3.05) is 13.1 Å². The Balaban J connectivity index is 1.92. The van der Waals surface area contributed by atoms with E-state index in [9.17, 15) is 9.59 Å². The number of carbonyl (C=O) groups excluding carboxylic acids is 1. The molecule has 2 N–H and O–H groups in total. The van der Waals surface area contributed by atoms with Crippen molar-refractivity contribution >= 4 is 12.0 Å². The summed E-state index contributed by atoms with van der Waals surface area (Å²) in [5, 5.41) is 11.9. The number of likely N-dealkylation sites (tertiary alicyclic amines) is 1. The van der Waals surface area contributed by atoms with Crippen molar-refractivity contribution in [1.82, 2.24) is 15.2 Å². The second kappa shape index (κ2) is 6.56. The van der Waals surface area contributed by atoms with Crippen LogP contribution in [0.3, 0.4) is 0 Å².